The van der Waals surface area contributed by atoms with Gasteiger partial charge in [0, 0.05) is 110 Å². The number of halogens is 5. The quantitative estimate of drug-likeness (QED) is 0.0155. The number of methoxy groups -OCH3 is 2. The number of esters is 2. The number of aryl methyl sites for hydroxylation is 4. The maximum absolute atomic E-state index is 12.8. The number of carbonyl (C=O) groups is 8. The Hall–Kier alpha value is -14.1. The van der Waals surface area contributed by atoms with Crippen LogP contribution in [0.15, 0.2) is 285 Å². The minimum absolute atomic E-state index is 0.0563. The van der Waals surface area contributed by atoms with Crippen molar-refractivity contribution >= 4 is 166 Å². The number of Topliss-reactive ketones (excluding diaryl/α,β-unsaturated/α-hetero) is 1. The third kappa shape index (κ3) is 19.6. The minimum atomic E-state index is -0.364. The zero-order valence-corrected chi connectivity index (χ0v) is 73.6. The van der Waals surface area contributed by atoms with Crippen LogP contribution in [0.1, 0.15) is 123 Å². The van der Waals surface area contributed by atoms with E-state index in [4.69, 9.17) is 68.5 Å². The highest BCUT2D eigenvalue weighted by Gasteiger charge is 2.37. The number of benzene rings is 12. The van der Waals surface area contributed by atoms with Gasteiger partial charge in [-0.25, -0.2) is 9.59 Å². The molecule has 127 heavy (non-hydrogen) atoms. The lowest BCUT2D eigenvalue weighted by atomic mass is 10.1. The number of aliphatic hydroxyl groups excluding tert-OH is 1. The highest BCUT2D eigenvalue weighted by molar-refractivity contribution is 6.33. The van der Waals surface area contributed by atoms with Crippen LogP contribution in [0.25, 0.3) is 77.3 Å². The number of rotatable bonds is 16. The van der Waals surface area contributed by atoms with Gasteiger partial charge >= 0.3 is 11.9 Å². The number of alkyl halides is 1. The lowest BCUT2D eigenvalue weighted by Crippen LogP contribution is -2.29. The van der Waals surface area contributed by atoms with Gasteiger partial charge in [-0.3, -0.25) is 38.6 Å². The zero-order valence-electron chi connectivity index (χ0n) is 69.8. The summed E-state index contributed by atoms with van der Waals surface area (Å²) in [6, 6.07) is 88.6. The second kappa shape index (κ2) is 39.4. The highest BCUT2D eigenvalue weighted by Crippen LogP contribution is 2.36. The van der Waals surface area contributed by atoms with E-state index in [-0.39, 0.29) is 73.5 Å². The van der Waals surface area contributed by atoms with Crippen molar-refractivity contribution in [3.63, 3.8) is 0 Å². The highest BCUT2D eigenvalue weighted by atomic mass is 35.5. The van der Waals surface area contributed by atoms with Gasteiger partial charge in [-0.05, 0) is 262 Å². The number of hydrogen-bond acceptors (Lipinski definition) is 13. The Morgan fingerprint density at radius 1 is 0.409 bits per heavy atom. The largest absolute Gasteiger partial charge is 0.465 e. The van der Waals surface area contributed by atoms with E-state index < -0.39 is 0 Å². The average molecular weight is 1790 g/mol. The number of nitrogens with one attached hydrogen (secondary N) is 1. The van der Waals surface area contributed by atoms with Crippen molar-refractivity contribution in [1.29, 1.82) is 0 Å². The fourth-order valence-electron chi connectivity index (χ4n) is 15.7. The van der Waals surface area contributed by atoms with Crippen LogP contribution in [0, 0.1) is 34.6 Å². The average Bonchev–Trinajstić information content (AvgIpc) is 1.60. The number of aromatic nitrogens is 5. The van der Waals surface area contributed by atoms with Crippen LogP contribution in [0.3, 0.4) is 0 Å². The Labute approximate surface area is 755 Å². The second-order valence-corrected chi connectivity index (χ2v) is 32.1. The zero-order chi connectivity index (χ0) is 90.0. The third-order valence-electron chi connectivity index (χ3n) is 21.6. The van der Waals surface area contributed by atoms with Crippen LogP contribution >= 0.6 is 58.0 Å². The summed E-state index contributed by atoms with van der Waals surface area (Å²) >= 11 is 29.9. The van der Waals surface area contributed by atoms with Gasteiger partial charge in [0.1, 0.15) is 6.61 Å². The number of nitrogens with two attached hydrogens (primary N) is 1. The summed E-state index contributed by atoms with van der Waals surface area (Å²) in [6.45, 7) is 11.2. The number of ether oxygens (including phenoxy) is 3. The lowest BCUT2D eigenvalue weighted by Gasteiger charge is -2.15. The molecule has 0 atom stereocenters. The molecular weight excluding hydrogens is 1710 g/mol. The predicted molar refractivity (Wildman–Crippen MR) is 502 cm³/mol. The molecule has 17 aromatic rings. The van der Waals surface area contributed by atoms with Crippen molar-refractivity contribution in [1.82, 2.24) is 33.1 Å². The number of aromatic amines is 1. The molecular formula is C102H83Cl5N8O12. The predicted octanol–water partition coefficient (Wildman–Crippen LogP) is 22.9. The van der Waals surface area contributed by atoms with E-state index in [0.717, 1.165) is 128 Å². The SMILES string of the molecule is COC(=O)c1ccc2cc(C)[nH]c2c1.COC(=O)c1cccc(N)c1.Cc1c(C(=O)CCl)c2ccc(CN3C(=O)c4ccccc4C3=O)cc2n1-c1ccc(Cl)cc1.Cc1cc2ccc(CN3C(=O)c4ccccc4C3=O)cc2n1-c1ccc(Cl)cc1.Cc1cc2ccc(CO)cc2n1-c1ccc(Cl)cc1.Cc1cc2ccc(COC=O)cc2n1-c1ccc(Cl)cc1. The molecule has 0 fully saturated rings. The van der Waals surface area contributed by atoms with E-state index in [2.05, 4.69) is 67.1 Å². The summed E-state index contributed by atoms with van der Waals surface area (Å²) < 4.78 is 22.4. The van der Waals surface area contributed by atoms with Crippen molar-refractivity contribution in [3.8, 4) is 22.7 Å². The third-order valence-corrected chi connectivity index (χ3v) is 22.8. The van der Waals surface area contributed by atoms with Gasteiger partial charge in [0.25, 0.3) is 30.1 Å². The molecule has 12 aromatic carbocycles. The molecule has 0 bridgehead atoms. The van der Waals surface area contributed by atoms with E-state index in [0.29, 0.717) is 66.2 Å². The van der Waals surface area contributed by atoms with Crippen LogP contribution < -0.4 is 5.73 Å². The van der Waals surface area contributed by atoms with Crippen molar-refractivity contribution in [2.75, 3.05) is 25.8 Å². The summed E-state index contributed by atoms with van der Waals surface area (Å²) in [7, 11) is 2.72. The topological polar surface area (TPSA) is 252 Å². The molecule has 2 aliphatic rings. The summed E-state index contributed by atoms with van der Waals surface area (Å²) in [5.74, 6) is -2.06. The number of carbonyl (C=O) groups excluding carboxylic acids is 8. The van der Waals surface area contributed by atoms with Gasteiger partial charge in [-0.2, -0.15) is 0 Å². The standard InChI is InChI=1S/C26H18Cl2N2O3.C24H17ClN2O2.C17H14ClNO2.C16H14ClNO.C11H11NO2.C8H9NO2/c1-15-24(23(31)13-27)21-11-6-16(12-22(21)30(15)18-9-7-17(28)8-10-18)14-29-25(32)19-4-2-3-5-20(19)26(29)33;1-15-12-17-7-6-16(13-22(17)27(15)19-10-8-18(25)9-11-19)14-26-23(28)20-4-2-3-5-21(20)24(26)29;1-12-8-14-3-2-13(10-21-11-20)9-17(14)19(12)16-6-4-15(18)5-7-16;1-11-8-13-3-2-12(10-19)9-16(13)18(11)15-6-4-14(17)5-7-15;1-7-5-8-3-4-9(11(13)14-2)6-10(8)12-7;1-11-8(10)6-3-2-4-7(9)5-6/h2-12H,13-14H2,1H3;2-13H,14H2,1H3;2-9,11H,10H2,1H3;2-9,19H,10H2,1H3;3-6,12H,1-2H3;2-5H,9H2,1H3. The molecule has 0 spiro atoms. The first kappa shape index (κ1) is 89.2. The normalized spacial score (nSPS) is 11.9. The minimum Gasteiger partial charge on any atom is -0.465 e. The van der Waals surface area contributed by atoms with E-state index in [1.165, 1.54) is 29.4 Å². The van der Waals surface area contributed by atoms with Crippen molar-refractivity contribution in [3.05, 3.63) is 395 Å². The number of imide groups is 2. The molecule has 4 N–H and O–H groups in total. The fourth-order valence-corrected chi connectivity index (χ4v) is 16.3. The molecule has 0 aliphatic carbocycles. The van der Waals surface area contributed by atoms with Crippen molar-refractivity contribution in [2.24, 2.45) is 0 Å². The molecule has 0 unspecified atom stereocenters. The Kier molecular flexibility index (Phi) is 27.7. The second-order valence-electron chi connectivity index (χ2n) is 30.1. The summed E-state index contributed by atoms with van der Waals surface area (Å²) in [5, 5.41) is 17.3. The molecule has 0 saturated heterocycles. The summed E-state index contributed by atoms with van der Waals surface area (Å²) in [4.78, 5) is 102. The molecule has 0 saturated carbocycles. The summed E-state index contributed by atoms with van der Waals surface area (Å²) in [6.07, 6.45) is 0. The molecule has 20 nitrogen and oxygen atoms in total. The first-order chi connectivity index (χ1) is 61.2. The number of H-pyrrole nitrogens is 1. The number of fused-ring (bicyclic) bond motifs is 7. The van der Waals surface area contributed by atoms with Crippen LogP contribution in [0.4, 0.5) is 5.69 Å². The van der Waals surface area contributed by atoms with Gasteiger partial charge < -0.3 is 48.3 Å². The number of hydrogen-bond donors (Lipinski definition) is 3. The van der Waals surface area contributed by atoms with Crippen molar-refractivity contribution in [2.45, 2.75) is 60.9 Å². The van der Waals surface area contributed by atoms with Crippen LogP contribution in [-0.4, -0.2) is 106 Å². The molecule has 0 radical (unpaired) electrons. The number of nitrogens with zero attached hydrogens (tertiary/aromatic N) is 6. The molecule has 25 heteroatoms. The van der Waals surface area contributed by atoms with E-state index in [1.807, 2.05) is 188 Å². The molecule has 4 amide bonds. The van der Waals surface area contributed by atoms with Gasteiger partial charge in [-0.15, -0.1) is 11.6 Å². The lowest BCUT2D eigenvalue weighted by molar-refractivity contribution is -0.129. The maximum atomic E-state index is 12.8. The molecule has 19 rings (SSSR count). The van der Waals surface area contributed by atoms with E-state index in [1.54, 1.807) is 97.1 Å². The first-order valence-electron chi connectivity index (χ1n) is 40.0. The maximum Gasteiger partial charge on any atom is 0.337 e. The Bertz CT molecular complexity index is 7020. The number of ketones is 1. The monoisotopic (exact) mass is 1790 g/mol. The summed E-state index contributed by atoms with van der Waals surface area (Å²) in [5.41, 5.74) is 27.1. The van der Waals surface area contributed by atoms with Gasteiger partial charge in [0.2, 0.25) is 0 Å². The smallest absolute Gasteiger partial charge is 0.337 e. The number of amides is 4. The number of nitrogen functional groups attached to an aromatic ring is 1. The van der Waals surface area contributed by atoms with Gasteiger partial charge in [0.05, 0.1) is 95.2 Å². The van der Waals surface area contributed by atoms with Gasteiger partial charge in [0.15, 0.2) is 5.78 Å². The Morgan fingerprint density at radius 3 is 1.20 bits per heavy atom. The van der Waals surface area contributed by atoms with Gasteiger partial charge in [-0.1, -0.05) is 131 Å². The molecule has 5 aromatic heterocycles. The Morgan fingerprint density at radius 2 is 0.787 bits per heavy atom. The molecule has 2 aliphatic heterocycles. The number of anilines is 1. The Balaban J connectivity index is 0.000000128. The molecule has 638 valence electrons. The van der Waals surface area contributed by atoms with E-state index >= 15 is 0 Å². The van der Waals surface area contributed by atoms with Crippen molar-refractivity contribution < 1.29 is 57.7 Å². The van der Waals surface area contributed by atoms with E-state index in [9.17, 15) is 43.5 Å². The molecule has 7 heterocycles. The number of aliphatic hydroxyl groups is 1. The van der Waals surface area contributed by atoms with Crippen LogP contribution in [0.5, 0.6) is 0 Å². The van der Waals surface area contributed by atoms with Crippen LogP contribution in [0.2, 0.25) is 20.1 Å². The fraction of sp³-hybridized carbons (Fsp3) is 0.118. The van der Waals surface area contributed by atoms with Crippen LogP contribution in [-0.2, 0) is 45.3 Å². The first-order valence-corrected chi connectivity index (χ1v) is 42.1.